The lowest BCUT2D eigenvalue weighted by Gasteiger charge is -2.38. The van der Waals surface area contributed by atoms with E-state index in [9.17, 15) is 4.79 Å². The average molecular weight is 421 g/mol. The molecule has 0 bridgehead atoms. The van der Waals surface area contributed by atoms with Crippen LogP contribution in [0.2, 0.25) is 0 Å². The summed E-state index contributed by atoms with van der Waals surface area (Å²) in [7, 11) is 3.29. The van der Waals surface area contributed by atoms with E-state index in [1.807, 2.05) is 60.4 Å². The van der Waals surface area contributed by atoms with Gasteiger partial charge in [0, 0.05) is 25.2 Å². The number of ether oxygens (including phenoxy) is 3. The van der Waals surface area contributed by atoms with E-state index < -0.39 is 6.10 Å². The normalized spacial score (nSPS) is 17.2. The van der Waals surface area contributed by atoms with Gasteiger partial charge in [-0.05, 0) is 30.7 Å². The Hall–Kier alpha value is -2.28. The van der Waals surface area contributed by atoms with Crippen LogP contribution in [0.15, 0.2) is 48.5 Å². The minimum absolute atomic E-state index is 0. The van der Waals surface area contributed by atoms with Crippen molar-refractivity contribution in [3.8, 4) is 11.5 Å². The number of hydrogen-bond donors (Lipinski definition) is 1. The van der Waals surface area contributed by atoms with Crippen LogP contribution in [0.25, 0.3) is 0 Å². The van der Waals surface area contributed by atoms with Crippen LogP contribution in [0.4, 0.5) is 0 Å². The van der Waals surface area contributed by atoms with E-state index >= 15 is 0 Å². The molecular formula is C22H29ClN2O4. The second-order valence-electron chi connectivity index (χ2n) is 6.80. The van der Waals surface area contributed by atoms with Gasteiger partial charge in [0.25, 0.3) is 5.91 Å². The van der Waals surface area contributed by atoms with Gasteiger partial charge >= 0.3 is 0 Å². The van der Waals surface area contributed by atoms with Gasteiger partial charge in [-0.15, -0.1) is 12.4 Å². The molecule has 6 nitrogen and oxygen atoms in total. The zero-order valence-electron chi connectivity index (χ0n) is 17.1. The molecule has 1 amide bonds. The van der Waals surface area contributed by atoms with Gasteiger partial charge < -0.3 is 24.4 Å². The zero-order valence-corrected chi connectivity index (χ0v) is 17.9. The Morgan fingerprint density at radius 1 is 1.17 bits per heavy atom. The Morgan fingerprint density at radius 2 is 1.97 bits per heavy atom. The fourth-order valence-electron chi connectivity index (χ4n) is 3.48. The summed E-state index contributed by atoms with van der Waals surface area (Å²) in [6.07, 6.45) is -0.540. The number of piperazine rings is 1. The molecule has 0 aliphatic carbocycles. The summed E-state index contributed by atoms with van der Waals surface area (Å²) in [5.74, 6) is 1.55. The Bertz CT molecular complexity index is 802. The zero-order chi connectivity index (χ0) is 19.9. The summed E-state index contributed by atoms with van der Waals surface area (Å²) in [6.45, 7) is 4.25. The van der Waals surface area contributed by atoms with Gasteiger partial charge in [-0.25, -0.2) is 0 Å². The number of carbonyl (C=O) groups is 1. The van der Waals surface area contributed by atoms with E-state index in [1.165, 1.54) is 0 Å². The minimum Gasteiger partial charge on any atom is -0.497 e. The molecule has 2 aromatic rings. The number of hydrogen-bond acceptors (Lipinski definition) is 5. The van der Waals surface area contributed by atoms with Crippen molar-refractivity contribution >= 4 is 18.3 Å². The lowest BCUT2D eigenvalue weighted by atomic mass is 10.0. The van der Waals surface area contributed by atoms with Gasteiger partial charge in [-0.2, -0.15) is 0 Å². The second-order valence-corrected chi connectivity index (χ2v) is 6.80. The first-order valence-corrected chi connectivity index (χ1v) is 9.52. The Kier molecular flexibility index (Phi) is 8.76. The third-order valence-corrected chi connectivity index (χ3v) is 5.01. The van der Waals surface area contributed by atoms with Crippen LogP contribution in [0, 0.1) is 0 Å². The molecule has 0 aromatic heterocycles. The summed E-state index contributed by atoms with van der Waals surface area (Å²) < 4.78 is 16.6. The van der Waals surface area contributed by atoms with Crippen LogP contribution < -0.4 is 14.8 Å². The van der Waals surface area contributed by atoms with Crippen molar-refractivity contribution in [1.82, 2.24) is 10.2 Å². The summed E-state index contributed by atoms with van der Waals surface area (Å²) in [6, 6.07) is 15.4. The number of rotatable bonds is 7. The van der Waals surface area contributed by atoms with Gasteiger partial charge in [0.1, 0.15) is 17.6 Å². The molecule has 2 unspecified atom stereocenters. The van der Waals surface area contributed by atoms with Gasteiger partial charge in [0.05, 0.1) is 26.9 Å². The van der Waals surface area contributed by atoms with E-state index in [0.717, 1.165) is 29.2 Å². The number of halogens is 1. The number of methoxy groups -OCH3 is 2. The lowest BCUT2D eigenvalue weighted by molar-refractivity contribution is -0.147. The minimum atomic E-state index is -0.540. The Labute approximate surface area is 178 Å². The van der Waals surface area contributed by atoms with Crippen molar-refractivity contribution < 1.29 is 19.0 Å². The van der Waals surface area contributed by atoms with Gasteiger partial charge in [-0.3, -0.25) is 4.79 Å². The topological polar surface area (TPSA) is 60.0 Å². The molecule has 3 rings (SSSR count). The second kappa shape index (κ2) is 11.0. The summed E-state index contributed by atoms with van der Waals surface area (Å²) in [5, 5.41) is 3.37. The van der Waals surface area contributed by atoms with E-state index in [-0.39, 0.29) is 24.4 Å². The molecule has 2 atom stereocenters. The van der Waals surface area contributed by atoms with Crippen molar-refractivity contribution in [2.75, 3.05) is 33.9 Å². The Morgan fingerprint density at radius 3 is 2.72 bits per heavy atom. The predicted molar refractivity (Wildman–Crippen MR) is 115 cm³/mol. The first-order chi connectivity index (χ1) is 13.6. The highest BCUT2D eigenvalue weighted by Crippen LogP contribution is 2.30. The molecule has 1 N–H and O–H groups in total. The van der Waals surface area contributed by atoms with Gasteiger partial charge in [0.15, 0.2) is 0 Å². The van der Waals surface area contributed by atoms with E-state index in [2.05, 4.69) is 5.32 Å². The number of benzene rings is 2. The van der Waals surface area contributed by atoms with Gasteiger partial charge in [-0.1, -0.05) is 30.3 Å². The molecule has 1 aliphatic rings. The SMILES string of the molecule is COc1cccc(COC(C)C(=O)N2CCNCC2c2ccccc2OC)c1.Cl. The van der Waals surface area contributed by atoms with Crippen molar-refractivity contribution in [3.63, 3.8) is 0 Å². The molecule has 0 spiro atoms. The Balaban J connectivity index is 0.00000300. The number of para-hydroxylation sites is 1. The first kappa shape index (κ1) is 23.0. The maximum atomic E-state index is 13.1. The summed E-state index contributed by atoms with van der Waals surface area (Å²) in [5.41, 5.74) is 1.98. The maximum Gasteiger partial charge on any atom is 0.252 e. The van der Waals surface area contributed by atoms with Crippen LogP contribution in [0.1, 0.15) is 24.1 Å². The molecule has 0 saturated carbocycles. The molecule has 7 heteroatoms. The molecule has 29 heavy (non-hydrogen) atoms. The van der Waals surface area contributed by atoms with Crippen LogP contribution in [0.5, 0.6) is 11.5 Å². The maximum absolute atomic E-state index is 13.1. The summed E-state index contributed by atoms with van der Waals surface area (Å²) in [4.78, 5) is 15.0. The quantitative estimate of drug-likeness (QED) is 0.745. The third kappa shape index (κ3) is 5.63. The molecule has 1 heterocycles. The highest BCUT2D eigenvalue weighted by atomic mass is 35.5. The first-order valence-electron chi connectivity index (χ1n) is 9.52. The molecule has 1 saturated heterocycles. The van der Waals surface area contributed by atoms with Crippen LogP contribution >= 0.6 is 12.4 Å². The number of carbonyl (C=O) groups excluding carboxylic acids is 1. The largest absolute Gasteiger partial charge is 0.497 e. The fraction of sp³-hybridized carbons (Fsp3) is 0.409. The van der Waals surface area contributed by atoms with E-state index in [0.29, 0.717) is 19.7 Å². The molecular weight excluding hydrogens is 392 g/mol. The fourth-order valence-corrected chi connectivity index (χ4v) is 3.48. The highest BCUT2D eigenvalue weighted by Gasteiger charge is 2.32. The number of nitrogens with one attached hydrogen (secondary N) is 1. The average Bonchev–Trinajstić information content (AvgIpc) is 2.77. The predicted octanol–water partition coefficient (Wildman–Crippen LogP) is 3.20. The van der Waals surface area contributed by atoms with E-state index in [4.69, 9.17) is 14.2 Å². The van der Waals surface area contributed by atoms with Crippen LogP contribution in [-0.2, 0) is 16.1 Å². The summed E-state index contributed by atoms with van der Waals surface area (Å²) >= 11 is 0. The monoisotopic (exact) mass is 420 g/mol. The van der Waals surface area contributed by atoms with Crippen molar-refractivity contribution in [2.45, 2.75) is 25.7 Å². The molecule has 1 fully saturated rings. The standard InChI is InChI=1S/C22H28N2O4.ClH/c1-16(28-15-17-7-6-8-18(13-17)26-2)22(25)24-12-11-23-14-20(24)19-9-4-5-10-21(19)27-3;/h4-10,13,16,20,23H,11-12,14-15H2,1-3H3;1H. The molecule has 158 valence electrons. The van der Waals surface area contributed by atoms with Crippen LogP contribution in [-0.4, -0.2) is 50.8 Å². The van der Waals surface area contributed by atoms with Crippen LogP contribution in [0.3, 0.4) is 0 Å². The van der Waals surface area contributed by atoms with Crippen molar-refractivity contribution in [1.29, 1.82) is 0 Å². The van der Waals surface area contributed by atoms with Crippen molar-refractivity contribution in [3.05, 3.63) is 59.7 Å². The third-order valence-electron chi connectivity index (χ3n) is 5.01. The number of amides is 1. The molecule has 2 aromatic carbocycles. The number of nitrogens with zero attached hydrogens (tertiary/aromatic N) is 1. The molecule has 1 aliphatic heterocycles. The van der Waals surface area contributed by atoms with E-state index in [1.54, 1.807) is 14.2 Å². The van der Waals surface area contributed by atoms with Crippen molar-refractivity contribution in [2.24, 2.45) is 0 Å². The highest BCUT2D eigenvalue weighted by molar-refractivity contribution is 5.85. The molecule has 0 radical (unpaired) electrons. The van der Waals surface area contributed by atoms with Gasteiger partial charge in [0.2, 0.25) is 0 Å². The smallest absolute Gasteiger partial charge is 0.252 e. The lowest BCUT2D eigenvalue weighted by Crippen LogP contribution is -2.51.